The molecule has 0 radical (unpaired) electrons. The van der Waals surface area contributed by atoms with Crippen molar-refractivity contribution in [2.45, 2.75) is 19.4 Å². The lowest BCUT2D eigenvalue weighted by Crippen LogP contribution is -2.05. The second-order valence-corrected chi connectivity index (χ2v) is 4.50. The summed E-state index contributed by atoms with van der Waals surface area (Å²) in [6, 6.07) is 17.4. The second kappa shape index (κ2) is 7.34. The number of esters is 1. The molecule has 0 aliphatic carbocycles. The van der Waals surface area contributed by atoms with Gasteiger partial charge in [-0.05, 0) is 29.7 Å². The van der Waals surface area contributed by atoms with Gasteiger partial charge in [0.25, 0.3) is 0 Å². The normalized spacial score (nSPS) is 10.1. The molecule has 0 heterocycles. The molecule has 0 unspecified atom stereocenters. The minimum Gasteiger partial charge on any atom is -0.497 e. The predicted molar refractivity (Wildman–Crippen MR) is 77.6 cm³/mol. The molecule has 0 spiro atoms. The predicted octanol–water partition coefficient (Wildman–Crippen LogP) is 3.37. The van der Waals surface area contributed by atoms with Crippen molar-refractivity contribution in [3.63, 3.8) is 0 Å². The lowest BCUT2D eigenvalue weighted by Gasteiger charge is -2.06. The van der Waals surface area contributed by atoms with E-state index in [0.29, 0.717) is 19.4 Å². The first-order valence-corrected chi connectivity index (χ1v) is 6.60. The van der Waals surface area contributed by atoms with Gasteiger partial charge in [0.15, 0.2) is 0 Å². The molecular formula is C17H18O3. The van der Waals surface area contributed by atoms with Gasteiger partial charge in [0.2, 0.25) is 0 Å². The highest BCUT2D eigenvalue weighted by atomic mass is 16.5. The fraction of sp³-hybridized carbons (Fsp3) is 0.235. The molecule has 2 aromatic rings. The van der Waals surface area contributed by atoms with Gasteiger partial charge in [0.05, 0.1) is 7.11 Å². The van der Waals surface area contributed by atoms with Crippen molar-refractivity contribution in [3.05, 3.63) is 65.7 Å². The first kappa shape index (κ1) is 14.1. The maximum Gasteiger partial charge on any atom is 0.306 e. The number of benzene rings is 2. The van der Waals surface area contributed by atoms with Crippen molar-refractivity contribution in [2.75, 3.05) is 7.11 Å². The summed E-state index contributed by atoms with van der Waals surface area (Å²) in [5.41, 5.74) is 2.07. The molecule has 20 heavy (non-hydrogen) atoms. The second-order valence-electron chi connectivity index (χ2n) is 4.50. The maximum atomic E-state index is 11.7. The minimum atomic E-state index is -0.184. The van der Waals surface area contributed by atoms with E-state index >= 15 is 0 Å². The first-order chi connectivity index (χ1) is 9.78. The van der Waals surface area contributed by atoms with Crippen LogP contribution in [-0.2, 0) is 22.6 Å². The molecule has 0 N–H and O–H groups in total. The van der Waals surface area contributed by atoms with Crippen molar-refractivity contribution >= 4 is 5.97 Å². The van der Waals surface area contributed by atoms with E-state index < -0.39 is 0 Å². The van der Waals surface area contributed by atoms with Gasteiger partial charge in [-0.3, -0.25) is 4.79 Å². The van der Waals surface area contributed by atoms with Crippen LogP contribution in [0.2, 0.25) is 0 Å². The van der Waals surface area contributed by atoms with Gasteiger partial charge in [-0.15, -0.1) is 0 Å². The van der Waals surface area contributed by atoms with E-state index in [4.69, 9.17) is 9.47 Å². The lowest BCUT2D eigenvalue weighted by molar-refractivity contribution is -0.144. The average Bonchev–Trinajstić information content (AvgIpc) is 2.52. The van der Waals surface area contributed by atoms with Gasteiger partial charge < -0.3 is 9.47 Å². The number of hydrogen-bond acceptors (Lipinski definition) is 3. The molecule has 0 bridgehead atoms. The van der Waals surface area contributed by atoms with Crippen molar-refractivity contribution in [1.29, 1.82) is 0 Å². The van der Waals surface area contributed by atoms with Gasteiger partial charge in [0.1, 0.15) is 12.4 Å². The molecule has 0 amide bonds. The zero-order valence-electron chi connectivity index (χ0n) is 11.5. The largest absolute Gasteiger partial charge is 0.497 e. The summed E-state index contributed by atoms with van der Waals surface area (Å²) in [7, 11) is 1.63. The van der Waals surface area contributed by atoms with E-state index in [2.05, 4.69) is 0 Å². The molecule has 0 aliphatic heterocycles. The fourth-order valence-electron chi connectivity index (χ4n) is 1.88. The van der Waals surface area contributed by atoms with Gasteiger partial charge in [-0.2, -0.15) is 0 Å². The Bertz CT molecular complexity index is 549. The summed E-state index contributed by atoms with van der Waals surface area (Å²) >= 11 is 0. The molecule has 3 nitrogen and oxygen atoms in total. The van der Waals surface area contributed by atoms with Crippen LogP contribution in [0.15, 0.2) is 54.6 Å². The standard InChI is InChI=1S/C17H18O3/c1-19-16-9-5-8-14(12-16)10-11-17(18)20-13-15-6-3-2-4-7-15/h2-9,12H,10-11,13H2,1H3. The van der Waals surface area contributed by atoms with E-state index in [9.17, 15) is 4.79 Å². The monoisotopic (exact) mass is 270 g/mol. The number of aryl methyl sites for hydroxylation is 1. The lowest BCUT2D eigenvalue weighted by atomic mass is 10.1. The zero-order chi connectivity index (χ0) is 14.2. The van der Waals surface area contributed by atoms with Crippen LogP contribution in [0, 0.1) is 0 Å². The van der Waals surface area contributed by atoms with E-state index in [1.165, 1.54) is 0 Å². The molecule has 0 atom stereocenters. The molecule has 104 valence electrons. The zero-order valence-corrected chi connectivity index (χ0v) is 11.5. The molecule has 0 saturated heterocycles. The maximum absolute atomic E-state index is 11.7. The number of hydrogen-bond donors (Lipinski definition) is 0. The molecule has 2 rings (SSSR count). The number of carbonyl (C=O) groups excluding carboxylic acids is 1. The summed E-state index contributed by atoms with van der Waals surface area (Å²) in [4.78, 5) is 11.7. The Morgan fingerprint density at radius 3 is 2.50 bits per heavy atom. The number of ether oxygens (including phenoxy) is 2. The van der Waals surface area contributed by atoms with Gasteiger partial charge in [-0.1, -0.05) is 42.5 Å². The van der Waals surface area contributed by atoms with Crippen LogP contribution in [0.25, 0.3) is 0 Å². The third-order valence-corrected chi connectivity index (χ3v) is 2.99. The van der Waals surface area contributed by atoms with Crippen molar-refractivity contribution in [3.8, 4) is 5.75 Å². The Kier molecular flexibility index (Phi) is 5.18. The molecule has 3 heteroatoms. The van der Waals surface area contributed by atoms with Crippen LogP contribution in [0.1, 0.15) is 17.5 Å². The van der Waals surface area contributed by atoms with Crippen molar-refractivity contribution in [2.24, 2.45) is 0 Å². The Morgan fingerprint density at radius 1 is 1.00 bits per heavy atom. The van der Waals surface area contributed by atoms with E-state index in [-0.39, 0.29) is 5.97 Å². The molecule has 2 aromatic carbocycles. The van der Waals surface area contributed by atoms with Gasteiger partial charge >= 0.3 is 5.97 Å². The number of rotatable bonds is 6. The third kappa shape index (κ3) is 4.43. The van der Waals surface area contributed by atoms with Crippen LogP contribution in [0.4, 0.5) is 0 Å². The molecule has 0 aromatic heterocycles. The molecule has 0 fully saturated rings. The Morgan fingerprint density at radius 2 is 1.75 bits per heavy atom. The third-order valence-electron chi connectivity index (χ3n) is 2.99. The van der Waals surface area contributed by atoms with E-state index in [0.717, 1.165) is 16.9 Å². The number of methoxy groups -OCH3 is 1. The summed E-state index contributed by atoms with van der Waals surface area (Å²) in [5.74, 6) is 0.622. The quantitative estimate of drug-likeness (QED) is 0.755. The Balaban J connectivity index is 1.77. The van der Waals surface area contributed by atoms with Crippen LogP contribution in [0.3, 0.4) is 0 Å². The van der Waals surface area contributed by atoms with Crippen LogP contribution in [0.5, 0.6) is 5.75 Å². The summed E-state index contributed by atoms with van der Waals surface area (Å²) in [6.45, 7) is 0.331. The SMILES string of the molecule is COc1cccc(CCC(=O)OCc2ccccc2)c1. The highest BCUT2D eigenvalue weighted by molar-refractivity contribution is 5.69. The van der Waals surface area contributed by atoms with E-state index in [1.807, 2.05) is 54.6 Å². The fourth-order valence-corrected chi connectivity index (χ4v) is 1.88. The van der Waals surface area contributed by atoms with Crippen LogP contribution >= 0.6 is 0 Å². The molecule has 0 saturated carbocycles. The van der Waals surface area contributed by atoms with E-state index in [1.54, 1.807) is 7.11 Å². The van der Waals surface area contributed by atoms with Gasteiger partial charge in [0, 0.05) is 6.42 Å². The number of carbonyl (C=O) groups is 1. The smallest absolute Gasteiger partial charge is 0.306 e. The Labute approximate surface area is 119 Å². The summed E-state index contributed by atoms with van der Waals surface area (Å²) in [5, 5.41) is 0. The molecular weight excluding hydrogens is 252 g/mol. The van der Waals surface area contributed by atoms with Crippen molar-refractivity contribution < 1.29 is 14.3 Å². The average molecular weight is 270 g/mol. The van der Waals surface area contributed by atoms with Crippen LogP contribution in [-0.4, -0.2) is 13.1 Å². The van der Waals surface area contributed by atoms with Gasteiger partial charge in [-0.25, -0.2) is 0 Å². The highest BCUT2D eigenvalue weighted by Crippen LogP contribution is 2.14. The van der Waals surface area contributed by atoms with Crippen molar-refractivity contribution in [1.82, 2.24) is 0 Å². The topological polar surface area (TPSA) is 35.5 Å². The van der Waals surface area contributed by atoms with Crippen LogP contribution < -0.4 is 4.74 Å². The Hall–Kier alpha value is -2.29. The molecule has 0 aliphatic rings. The summed E-state index contributed by atoms with van der Waals surface area (Å²) < 4.78 is 10.4. The first-order valence-electron chi connectivity index (χ1n) is 6.60. The minimum absolute atomic E-state index is 0.184. The highest BCUT2D eigenvalue weighted by Gasteiger charge is 2.05. The summed E-state index contributed by atoms with van der Waals surface area (Å²) in [6.07, 6.45) is 1.03.